The van der Waals surface area contributed by atoms with Crippen LogP contribution in [0.4, 0.5) is 5.69 Å². The number of hydrogen-bond acceptors (Lipinski definition) is 3. The Morgan fingerprint density at radius 1 is 1.24 bits per heavy atom. The van der Waals surface area contributed by atoms with E-state index in [0.29, 0.717) is 18.1 Å². The van der Waals surface area contributed by atoms with Crippen LogP contribution in [-0.2, 0) is 13.0 Å². The van der Waals surface area contributed by atoms with Gasteiger partial charge in [-0.15, -0.1) is 0 Å². The summed E-state index contributed by atoms with van der Waals surface area (Å²) in [4.78, 5) is 31.4. The summed E-state index contributed by atoms with van der Waals surface area (Å²) in [5.41, 5.74) is 2.08. The molecule has 0 saturated heterocycles. The molecule has 0 saturated carbocycles. The first-order valence-electron chi connectivity index (χ1n) is 8.84. The lowest BCUT2D eigenvalue weighted by Crippen LogP contribution is -2.30. The Morgan fingerprint density at radius 2 is 2.00 bits per heavy atom. The quantitative estimate of drug-likeness (QED) is 0.910. The Balaban J connectivity index is 1.94. The third-order valence-electron chi connectivity index (χ3n) is 4.51. The first-order chi connectivity index (χ1) is 12.1. The van der Waals surface area contributed by atoms with E-state index in [0.717, 1.165) is 43.6 Å². The van der Waals surface area contributed by atoms with E-state index in [4.69, 9.17) is 0 Å². The summed E-state index contributed by atoms with van der Waals surface area (Å²) in [7, 11) is 1.74. The van der Waals surface area contributed by atoms with Gasteiger partial charge in [0.25, 0.3) is 11.8 Å². The number of nitrogens with one attached hydrogen (secondary N) is 1. The number of imidazole rings is 1. The highest BCUT2D eigenvalue weighted by atomic mass is 16.2. The fourth-order valence-electron chi connectivity index (χ4n) is 3.13. The Kier molecular flexibility index (Phi) is 5.16. The molecule has 0 atom stereocenters. The van der Waals surface area contributed by atoms with Crippen LogP contribution in [0.25, 0.3) is 0 Å². The third kappa shape index (κ3) is 3.43. The number of carbonyl (C=O) groups is 2. The van der Waals surface area contributed by atoms with E-state index < -0.39 is 0 Å². The number of carbonyl (C=O) groups excluding carboxylic acids is 2. The zero-order chi connectivity index (χ0) is 17.8. The highest BCUT2D eigenvalue weighted by Gasteiger charge is 2.29. The average Bonchev–Trinajstić information content (AvgIpc) is 3.05. The van der Waals surface area contributed by atoms with E-state index in [-0.39, 0.29) is 11.8 Å². The second-order valence-corrected chi connectivity index (χ2v) is 6.30. The molecule has 25 heavy (non-hydrogen) atoms. The molecule has 1 aromatic carbocycles. The van der Waals surface area contributed by atoms with Crippen molar-refractivity contribution in [2.24, 2.45) is 0 Å². The fourth-order valence-corrected chi connectivity index (χ4v) is 3.13. The molecule has 0 spiro atoms. The SMILES string of the molecule is CCCNC(=O)c1nc(C(=O)N(C)c2ccccc2)n2c1CCCC2. The summed E-state index contributed by atoms with van der Waals surface area (Å²) in [6.45, 7) is 3.35. The maximum atomic E-state index is 13.0. The average molecular weight is 340 g/mol. The van der Waals surface area contributed by atoms with Crippen LogP contribution >= 0.6 is 0 Å². The number of aromatic nitrogens is 2. The molecule has 3 rings (SSSR count). The van der Waals surface area contributed by atoms with Crippen LogP contribution in [0, 0.1) is 0 Å². The zero-order valence-electron chi connectivity index (χ0n) is 14.8. The van der Waals surface area contributed by atoms with E-state index >= 15 is 0 Å². The van der Waals surface area contributed by atoms with Gasteiger partial charge in [0, 0.05) is 25.8 Å². The van der Waals surface area contributed by atoms with Crippen molar-refractivity contribution in [2.45, 2.75) is 39.2 Å². The molecule has 1 aliphatic heterocycles. The molecule has 6 heteroatoms. The van der Waals surface area contributed by atoms with Crippen molar-refractivity contribution in [1.29, 1.82) is 0 Å². The van der Waals surface area contributed by atoms with E-state index in [2.05, 4.69) is 10.3 Å². The third-order valence-corrected chi connectivity index (χ3v) is 4.51. The van der Waals surface area contributed by atoms with Crippen LogP contribution in [0.15, 0.2) is 30.3 Å². The van der Waals surface area contributed by atoms with Crippen LogP contribution in [0.3, 0.4) is 0 Å². The summed E-state index contributed by atoms with van der Waals surface area (Å²) < 4.78 is 1.92. The normalized spacial score (nSPS) is 13.2. The summed E-state index contributed by atoms with van der Waals surface area (Å²) in [6, 6.07) is 9.46. The largest absolute Gasteiger partial charge is 0.351 e. The molecule has 2 aromatic rings. The van der Waals surface area contributed by atoms with Gasteiger partial charge in [-0.3, -0.25) is 9.59 Å². The molecule has 132 valence electrons. The lowest BCUT2D eigenvalue weighted by Gasteiger charge is -2.20. The lowest BCUT2D eigenvalue weighted by molar-refractivity contribution is 0.0947. The molecule has 6 nitrogen and oxygen atoms in total. The predicted molar refractivity (Wildman–Crippen MR) is 97.0 cm³/mol. The maximum Gasteiger partial charge on any atom is 0.294 e. The van der Waals surface area contributed by atoms with Crippen molar-refractivity contribution in [3.05, 3.63) is 47.5 Å². The predicted octanol–water partition coefficient (Wildman–Crippen LogP) is 2.64. The van der Waals surface area contributed by atoms with Crippen molar-refractivity contribution in [1.82, 2.24) is 14.9 Å². The summed E-state index contributed by atoms with van der Waals surface area (Å²) in [6.07, 6.45) is 3.66. The lowest BCUT2D eigenvalue weighted by atomic mass is 10.1. The van der Waals surface area contributed by atoms with Gasteiger partial charge in [0.05, 0.1) is 5.69 Å². The Labute approximate surface area is 147 Å². The number of fused-ring (bicyclic) bond motifs is 1. The second kappa shape index (κ2) is 7.51. The van der Waals surface area contributed by atoms with E-state index in [9.17, 15) is 9.59 Å². The van der Waals surface area contributed by atoms with Crippen molar-refractivity contribution in [2.75, 3.05) is 18.5 Å². The number of para-hydroxylation sites is 1. The first-order valence-corrected chi connectivity index (χ1v) is 8.84. The highest BCUT2D eigenvalue weighted by molar-refractivity contribution is 6.05. The van der Waals surface area contributed by atoms with Crippen LogP contribution in [0.2, 0.25) is 0 Å². The summed E-state index contributed by atoms with van der Waals surface area (Å²) in [5, 5.41) is 2.87. The standard InChI is InChI=1S/C19H24N4O2/c1-3-12-20-18(24)16-15-11-7-8-13-23(15)17(21-16)19(25)22(2)14-9-5-4-6-10-14/h4-6,9-10H,3,7-8,11-13H2,1-2H3,(H,20,24). The number of amides is 2. The van der Waals surface area contributed by atoms with Crippen molar-refractivity contribution < 1.29 is 9.59 Å². The molecule has 0 unspecified atom stereocenters. The molecule has 0 bridgehead atoms. The summed E-state index contributed by atoms with van der Waals surface area (Å²) >= 11 is 0. The van der Waals surface area contributed by atoms with Gasteiger partial charge in [0.2, 0.25) is 5.82 Å². The topological polar surface area (TPSA) is 67.2 Å². The molecule has 1 N–H and O–H groups in total. The number of anilines is 1. The Bertz CT molecular complexity index is 767. The minimum atomic E-state index is -0.191. The maximum absolute atomic E-state index is 13.0. The molecule has 0 aliphatic carbocycles. The monoisotopic (exact) mass is 340 g/mol. The van der Waals surface area contributed by atoms with Crippen LogP contribution in [0.1, 0.15) is 53.0 Å². The molecule has 2 heterocycles. The Hall–Kier alpha value is -2.63. The van der Waals surface area contributed by atoms with Gasteiger partial charge in [0.15, 0.2) is 0 Å². The van der Waals surface area contributed by atoms with Gasteiger partial charge in [-0.25, -0.2) is 4.98 Å². The van der Waals surface area contributed by atoms with Crippen LogP contribution in [-0.4, -0.2) is 35.0 Å². The van der Waals surface area contributed by atoms with Gasteiger partial charge in [-0.05, 0) is 37.8 Å². The number of rotatable bonds is 5. The smallest absolute Gasteiger partial charge is 0.294 e. The van der Waals surface area contributed by atoms with Gasteiger partial charge in [0.1, 0.15) is 5.69 Å². The van der Waals surface area contributed by atoms with Gasteiger partial charge in [-0.1, -0.05) is 25.1 Å². The zero-order valence-corrected chi connectivity index (χ0v) is 14.8. The van der Waals surface area contributed by atoms with Crippen LogP contribution in [0.5, 0.6) is 0 Å². The molecule has 1 aromatic heterocycles. The second-order valence-electron chi connectivity index (χ2n) is 6.30. The minimum absolute atomic E-state index is 0.186. The molecule has 0 fully saturated rings. The van der Waals surface area contributed by atoms with Crippen molar-refractivity contribution in [3.63, 3.8) is 0 Å². The first kappa shape index (κ1) is 17.2. The highest BCUT2D eigenvalue weighted by Crippen LogP contribution is 2.23. The molecular formula is C19H24N4O2. The van der Waals surface area contributed by atoms with Gasteiger partial charge < -0.3 is 14.8 Å². The molecular weight excluding hydrogens is 316 g/mol. The fraction of sp³-hybridized carbons (Fsp3) is 0.421. The summed E-state index contributed by atoms with van der Waals surface area (Å²) in [5.74, 6) is -0.0273. The Morgan fingerprint density at radius 3 is 2.72 bits per heavy atom. The van der Waals surface area contributed by atoms with Crippen molar-refractivity contribution >= 4 is 17.5 Å². The number of benzene rings is 1. The minimum Gasteiger partial charge on any atom is -0.351 e. The van der Waals surface area contributed by atoms with Gasteiger partial charge in [-0.2, -0.15) is 0 Å². The van der Waals surface area contributed by atoms with E-state index in [1.165, 1.54) is 0 Å². The number of hydrogen-bond donors (Lipinski definition) is 1. The van der Waals surface area contributed by atoms with Crippen molar-refractivity contribution in [3.8, 4) is 0 Å². The van der Waals surface area contributed by atoms with Gasteiger partial charge >= 0.3 is 0 Å². The molecule has 0 radical (unpaired) electrons. The van der Waals surface area contributed by atoms with E-state index in [1.807, 2.05) is 41.8 Å². The molecule has 1 aliphatic rings. The van der Waals surface area contributed by atoms with Crippen LogP contribution < -0.4 is 10.2 Å². The van der Waals surface area contributed by atoms with E-state index in [1.54, 1.807) is 11.9 Å². The number of nitrogens with zero attached hydrogens (tertiary/aromatic N) is 3. The molecule has 2 amide bonds.